The lowest BCUT2D eigenvalue weighted by molar-refractivity contribution is -0.150. The summed E-state index contributed by atoms with van der Waals surface area (Å²) >= 11 is 0. The minimum Gasteiger partial charge on any atom is -0.481 e. The van der Waals surface area contributed by atoms with Crippen LogP contribution in [-0.4, -0.2) is 28.5 Å². The van der Waals surface area contributed by atoms with E-state index >= 15 is 0 Å². The molecule has 20 heavy (non-hydrogen) atoms. The number of hydrogen-bond donors (Lipinski definition) is 2. The topological polar surface area (TPSA) is 79.3 Å². The van der Waals surface area contributed by atoms with Gasteiger partial charge in [0.2, 0.25) is 0 Å². The molecule has 0 aliphatic heterocycles. The van der Waals surface area contributed by atoms with Crippen LogP contribution in [0.5, 0.6) is 0 Å². The summed E-state index contributed by atoms with van der Waals surface area (Å²) in [5, 5.41) is 12.2. The van der Waals surface area contributed by atoms with Gasteiger partial charge in [-0.15, -0.1) is 0 Å². The first-order chi connectivity index (χ1) is 9.53. The molecule has 1 aliphatic carbocycles. The average molecular weight is 276 g/mol. The minimum atomic E-state index is -0.806. The molecule has 1 aromatic rings. The van der Waals surface area contributed by atoms with Crippen LogP contribution in [0.25, 0.3) is 0 Å². The van der Waals surface area contributed by atoms with Gasteiger partial charge in [0.1, 0.15) is 0 Å². The zero-order valence-corrected chi connectivity index (χ0v) is 11.7. The van der Waals surface area contributed by atoms with Crippen LogP contribution in [0.2, 0.25) is 0 Å². The fourth-order valence-electron chi connectivity index (χ4n) is 2.65. The molecule has 108 valence electrons. The van der Waals surface area contributed by atoms with E-state index in [1.807, 2.05) is 6.92 Å². The summed E-state index contributed by atoms with van der Waals surface area (Å²) in [7, 11) is 0. The summed E-state index contributed by atoms with van der Waals surface area (Å²) in [4.78, 5) is 27.6. The molecule has 5 heteroatoms. The van der Waals surface area contributed by atoms with Crippen LogP contribution in [0, 0.1) is 12.3 Å². The maximum absolute atomic E-state index is 12.0. The first-order valence-electron chi connectivity index (χ1n) is 6.98. The van der Waals surface area contributed by atoms with E-state index in [0.29, 0.717) is 18.4 Å². The maximum atomic E-state index is 12.0. The Balaban J connectivity index is 2.00. The number of aromatic nitrogens is 1. The van der Waals surface area contributed by atoms with E-state index in [2.05, 4.69) is 10.3 Å². The fourth-order valence-corrected chi connectivity index (χ4v) is 2.65. The van der Waals surface area contributed by atoms with Crippen molar-refractivity contribution in [2.45, 2.75) is 39.0 Å². The summed E-state index contributed by atoms with van der Waals surface area (Å²) in [6.45, 7) is 2.04. The lowest BCUT2D eigenvalue weighted by atomic mass is 9.74. The summed E-state index contributed by atoms with van der Waals surface area (Å²) in [5.74, 6) is -1.07. The van der Waals surface area contributed by atoms with Gasteiger partial charge in [0, 0.05) is 18.4 Å². The Morgan fingerprint density at radius 1 is 1.30 bits per heavy atom. The van der Waals surface area contributed by atoms with E-state index < -0.39 is 11.4 Å². The van der Waals surface area contributed by atoms with Crippen LogP contribution >= 0.6 is 0 Å². The highest BCUT2D eigenvalue weighted by molar-refractivity contribution is 5.94. The molecule has 1 saturated carbocycles. The van der Waals surface area contributed by atoms with Gasteiger partial charge in [0.05, 0.1) is 11.0 Å². The van der Waals surface area contributed by atoms with Crippen LogP contribution in [0.4, 0.5) is 0 Å². The predicted molar refractivity (Wildman–Crippen MR) is 74.5 cm³/mol. The van der Waals surface area contributed by atoms with Gasteiger partial charge in [-0.25, -0.2) is 0 Å². The first kappa shape index (κ1) is 14.5. The number of hydrogen-bond acceptors (Lipinski definition) is 3. The van der Waals surface area contributed by atoms with Crippen LogP contribution in [0.1, 0.15) is 48.2 Å². The number of aryl methyl sites for hydroxylation is 1. The summed E-state index contributed by atoms with van der Waals surface area (Å²) in [6.07, 6.45) is 5.68. The normalized spacial score (nSPS) is 17.4. The van der Waals surface area contributed by atoms with E-state index in [1.165, 1.54) is 6.20 Å². The van der Waals surface area contributed by atoms with Gasteiger partial charge in [0.15, 0.2) is 0 Å². The average Bonchev–Trinajstić information content (AvgIpc) is 2.46. The molecule has 0 aromatic carbocycles. The molecule has 0 unspecified atom stereocenters. The Morgan fingerprint density at radius 3 is 2.55 bits per heavy atom. The second kappa shape index (κ2) is 6.03. The standard InChI is InChI=1S/C15H20N2O3/c1-11-5-6-12(9-16-11)13(18)17-10-15(14(19)20)7-3-2-4-8-15/h5-6,9H,2-4,7-8,10H2,1H3,(H,17,18)(H,19,20). The van der Waals surface area contributed by atoms with Crippen LogP contribution in [0.15, 0.2) is 18.3 Å². The predicted octanol–water partition coefficient (Wildman–Crippen LogP) is 2.15. The molecule has 0 atom stereocenters. The largest absolute Gasteiger partial charge is 0.481 e. The Kier molecular flexibility index (Phi) is 4.37. The van der Waals surface area contributed by atoms with Crippen LogP contribution in [0.3, 0.4) is 0 Å². The van der Waals surface area contributed by atoms with Gasteiger partial charge in [0.25, 0.3) is 5.91 Å². The number of pyridine rings is 1. The summed E-state index contributed by atoms with van der Waals surface area (Å²) in [5.41, 5.74) is 0.509. The molecule has 0 radical (unpaired) electrons. The second-order valence-corrected chi connectivity index (χ2v) is 5.52. The zero-order chi connectivity index (χ0) is 14.6. The van der Waals surface area contributed by atoms with Crippen LogP contribution in [-0.2, 0) is 4.79 Å². The number of nitrogens with zero attached hydrogens (tertiary/aromatic N) is 1. The van der Waals surface area contributed by atoms with Crippen molar-refractivity contribution < 1.29 is 14.7 Å². The van der Waals surface area contributed by atoms with E-state index in [4.69, 9.17) is 0 Å². The Bertz CT molecular complexity index is 490. The van der Waals surface area contributed by atoms with Crippen molar-refractivity contribution >= 4 is 11.9 Å². The molecule has 2 rings (SSSR count). The van der Waals surface area contributed by atoms with Gasteiger partial charge in [-0.3, -0.25) is 14.6 Å². The highest BCUT2D eigenvalue weighted by atomic mass is 16.4. The van der Waals surface area contributed by atoms with Crippen molar-refractivity contribution in [2.24, 2.45) is 5.41 Å². The van der Waals surface area contributed by atoms with Gasteiger partial charge in [-0.2, -0.15) is 0 Å². The zero-order valence-electron chi connectivity index (χ0n) is 11.7. The third-order valence-electron chi connectivity index (χ3n) is 4.03. The third-order valence-corrected chi connectivity index (χ3v) is 4.03. The van der Waals surface area contributed by atoms with Crippen molar-refractivity contribution in [3.63, 3.8) is 0 Å². The van der Waals surface area contributed by atoms with Crippen molar-refractivity contribution in [3.8, 4) is 0 Å². The number of carbonyl (C=O) groups excluding carboxylic acids is 1. The quantitative estimate of drug-likeness (QED) is 0.883. The molecule has 1 heterocycles. The molecule has 0 saturated heterocycles. The second-order valence-electron chi connectivity index (χ2n) is 5.52. The van der Waals surface area contributed by atoms with Gasteiger partial charge >= 0.3 is 5.97 Å². The molecule has 2 N–H and O–H groups in total. The Hall–Kier alpha value is -1.91. The molecule has 5 nitrogen and oxygen atoms in total. The minimum absolute atomic E-state index is 0.190. The maximum Gasteiger partial charge on any atom is 0.311 e. The molecule has 1 amide bonds. The van der Waals surface area contributed by atoms with E-state index in [0.717, 1.165) is 25.0 Å². The number of carboxylic acid groups (broad SMARTS) is 1. The SMILES string of the molecule is Cc1ccc(C(=O)NCC2(C(=O)O)CCCCC2)cn1. The molecular weight excluding hydrogens is 256 g/mol. The lowest BCUT2D eigenvalue weighted by Gasteiger charge is -2.33. The highest BCUT2D eigenvalue weighted by Crippen LogP contribution is 2.36. The molecule has 1 fully saturated rings. The molecular formula is C15H20N2O3. The van der Waals surface area contributed by atoms with Gasteiger partial charge in [-0.1, -0.05) is 19.3 Å². The van der Waals surface area contributed by atoms with E-state index in [-0.39, 0.29) is 12.5 Å². The van der Waals surface area contributed by atoms with Gasteiger partial charge in [-0.05, 0) is 31.9 Å². The third kappa shape index (κ3) is 3.15. The van der Waals surface area contributed by atoms with E-state index in [1.54, 1.807) is 12.1 Å². The van der Waals surface area contributed by atoms with Crippen molar-refractivity contribution in [3.05, 3.63) is 29.6 Å². The van der Waals surface area contributed by atoms with Gasteiger partial charge < -0.3 is 10.4 Å². The number of rotatable bonds is 4. The van der Waals surface area contributed by atoms with Crippen molar-refractivity contribution in [1.82, 2.24) is 10.3 Å². The number of nitrogens with one attached hydrogen (secondary N) is 1. The van der Waals surface area contributed by atoms with Crippen molar-refractivity contribution in [2.75, 3.05) is 6.54 Å². The monoisotopic (exact) mass is 276 g/mol. The molecule has 1 aliphatic rings. The Labute approximate surface area is 118 Å². The van der Waals surface area contributed by atoms with Crippen molar-refractivity contribution in [1.29, 1.82) is 0 Å². The highest BCUT2D eigenvalue weighted by Gasteiger charge is 2.39. The number of carboxylic acids is 1. The van der Waals surface area contributed by atoms with Crippen LogP contribution < -0.4 is 5.32 Å². The smallest absolute Gasteiger partial charge is 0.311 e. The summed E-state index contributed by atoms with van der Waals surface area (Å²) < 4.78 is 0. The number of carbonyl (C=O) groups is 2. The Morgan fingerprint density at radius 2 is 2.00 bits per heavy atom. The molecule has 0 spiro atoms. The van der Waals surface area contributed by atoms with E-state index in [9.17, 15) is 14.7 Å². The molecule has 0 bridgehead atoms. The lowest BCUT2D eigenvalue weighted by Crippen LogP contribution is -2.44. The molecule has 1 aromatic heterocycles. The fraction of sp³-hybridized carbons (Fsp3) is 0.533. The number of aliphatic carboxylic acids is 1. The first-order valence-corrected chi connectivity index (χ1v) is 6.98. The summed E-state index contributed by atoms with van der Waals surface area (Å²) in [6, 6.07) is 3.47. The number of amides is 1.